The highest BCUT2D eigenvalue weighted by molar-refractivity contribution is 9.11. The van der Waals surface area contributed by atoms with Crippen LogP contribution in [0.5, 0.6) is 5.75 Å². The van der Waals surface area contributed by atoms with E-state index < -0.39 is 0 Å². The van der Waals surface area contributed by atoms with Crippen LogP contribution in [-0.4, -0.2) is 5.11 Å². The van der Waals surface area contributed by atoms with Crippen molar-refractivity contribution in [1.29, 1.82) is 0 Å². The molecule has 0 amide bonds. The lowest BCUT2D eigenvalue weighted by Crippen LogP contribution is -1.61. The first kappa shape index (κ1) is 15.6. The van der Waals surface area contributed by atoms with E-state index in [1.807, 2.05) is 30.3 Å². The molecule has 0 unspecified atom stereocenters. The van der Waals surface area contributed by atoms with Crippen LogP contribution < -0.4 is 0 Å². The summed E-state index contributed by atoms with van der Waals surface area (Å²) in [5.41, 5.74) is 0. The summed E-state index contributed by atoms with van der Waals surface area (Å²) in [4.78, 5) is 0. The third kappa shape index (κ3) is 6.93. The Labute approximate surface area is 119 Å². The topological polar surface area (TPSA) is 20.2 Å². The van der Waals surface area contributed by atoms with Crippen molar-refractivity contribution >= 4 is 45.4 Å². The second kappa shape index (κ2) is 8.67. The maximum atomic E-state index is 8.63. The minimum absolute atomic E-state index is 0. The number of rotatable bonds is 0. The van der Waals surface area contributed by atoms with E-state index in [1.54, 1.807) is 24.3 Å². The van der Waals surface area contributed by atoms with Gasteiger partial charge in [-0.1, -0.05) is 50.1 Å². The second-order valence-corrected chi connectivity index (χ2v) is 4.60. The average Bonchev–Trinajstić information content (AvgIpc) is 2.25. The van der Waals surface area contributed by atoms with Crippen molar-refractivity contribution in [2.24, 2.45) is 0 Å². The minimum atomic E-state index is 0. The molecule has 0 aliphatic heterocycles. The van der Waals surface area contributed by atoms with Gasteiger partial charge >= 0.3 is 0 Å². The molecule has 0 aliphatic rings. The summed E-state index contributed by atoms with van der Waals surface area (Å²) in [5, 5.41) is 8.63. The average molecular weight is 364 g/mol. The number of benzene rings is 2. The third-order valence-corrected chi connectivity index (χ3v) is 2.62. The molecule has 0 saturated carbocycles. The highest BCUT2D eigenvalue weighted by Crippen LogP contribution is 2.14. The number of para-hydroxylation sites is 1. The van der Waals surface area contributed by atoms with Crippen molar-refractivity contribution < 1.29 is 5.11 Å². The van der Waals surface area contributed by atoms with Gasteiger partial charge in [-0.2, -0.15) is 13.5 Å². The molecule has 0 heterocycles. The normalized spacial score (nSPS) is 8.38. The van der Waals surface area contributed by atoms with E-state index in [9.17, 15) is 0 Å². The van der Waals surface area contributed by atoms with Crippen LogP contribution in [0.2, 0.25) is 0 Å². The SMILES string of the molecule is Brc1ccc(Br)cc1.Oc1ccccc1.S. The lowest BCUT2D eigenvalue weighted by atomic mass is 10.3. The van der Waals surface area contributed by atoms with Gasteiger partial charge in [0.05, 0.1) is 0 Å². The zero-order valence-corrected chi connectivity index (χ0v) is 12.6. The maximum Gasteiger partial charge on any atom is 0.115 e. The fourth-order valence-electron chi connectivity index (χ4n) is 0.858. The third-order valence-electron chi connectivity index (χ3n) is 1.56. The van der Waals surface area contributed by atoms with E-state index in [-0.39, 0.29) is 13.5 Å². The van der Waals surface area contributed by atoms with E-state index >= 15 is 0 Å². The molecule has 0 fully saturated rings. The Balaban J connectivity index is 0.000000267. The van der Waals surface area contributed by atoms with Crippen LogP contribution in [0.4, 0.5) is 0 Å². The van der Waals surface area contributed by atoms with Crippen LogP contribution in [0.15, 0.2) is 63.5 Å². The van der Waals surface area contributed by atoms with E-state index in [1.165, 1.54) is 0 Å². The Hall–Kier alpha value is -0.450. The van der Waals surface area contributed by atoms with Crippen LogP contribution in [0, 0.1) is 0 Å². The summed E-state index contributed by atoms with van der Waals surface area (Å²) >= 11 is 6.65. The molecule has 0 bridgehead atoms. The summed E-state index contributed by atoms with van der Waals surface area (Å²) in [6.45, 7) is 0. The second-order valence-electron chi connectivity index (χ2n) is 2.77. The largest absolute Gasteiger partial charge is 0.508 e. The van der Waals surface area contributed by atoms with Gasteiger partial charge < -0.3 is 5.11 Å². The molecule has 0 aliphatic carbocycles. The molecule has 1 N–H and O–H groups in total. The highest BCUT2D eigenvalue weighted by Gasteiger charge is 1.83. The van der Waals surface area contributed by atoms with E-state index in [0.717, 1.165) is 8.95 Å². The summed E-state index contributed by atoms with van der Waals surface area (Å²) in [5.74, 6) is 0.322. The van der Waals surface area contributed by atoms with Gasteiger partial charge in [-0.15, -0.1) is 0 Å². The number of halogens is 2. The van der Waals surface area contributed by atoms with Crippen LogP contribution in [-0.2, 0) is 0 Å². The van der Waals surface area contributed by atoms with E-state index in [0.29, 0.717) is 5.75 Å². The predicted molar refractivity (Wildman–Crippen MR) is 80.3 cm³/mol. The van der Waals surface area contributed by atoms with Crippen LogP contribution in [0.3, 0.4) is 0 Å². The zero-order valence-electron chi connectivity index (χ0n) is 8.40. The van der Waals surface area contributed by atoms with Crippen LogP contribution in [0.1, 0.15) is 0 Å². The Morgan fingerprint density at radius 1 is 0.688 bits per heavy atom. The standard InChI is InChI=1S/C6H4Br2.C6H6O.H2S/c7-5-1-2-6(8)4-3-5;7-6-4-2-1-3-5-6;/h1-4H;1-5,7H;1H2. The number of hydrogen-bond acceptors (Lipinski definition) is 1. The van der Waals surface area contributed by atoms with Gasteiger partial charge in [-0.3, -0.25) is 0 Å². The zero-order chi connectivity index (χ0) is 11.1. The van der Waals surface area contributed by atoms with Gasteiger partial charge in [0.15, 0.2) is 0 Å². The molecule has 1 nitrogen and oxygen atoms in total. The molecule has 2 rings (SSSR count). The van der Waals surface area contributed by atoms with Crippen LogP contribution >= 0.6 is 45.4 Å². The number of hydrogen-bond donors (Lipinski definition) is 1. The summed E-state index contributed by atoms with van der Waals surface area (Å²) in [7, 11) is 0. The molecule has 0 aromatic heterocycles. The Bertz CT molecular complexity index is 369. The van der Waals surface area contributed by atoms with Gasteiger partial charge in [0.25, 0.3) is 0 Å². The first-order chi connectivity index (χ1) is 7.18. The fraction of sp³-hybridized carbons (Fsp3) is 0. The summed E-state index contributed by atoms with van der Waals surface area (Å²) < 4.78 is 2.22. The quantitative estimate of drug-likeness (QED) is 0.718. The molecule has 0 spiro atoms. The maximum absolute atomic E-state index is 8.63. The lowest BCUT2D eigenvalue weighted by Gasteiger charge is -1.86. The van der Waals surface area contributed by atoms with E-state index in [2.05, 4.69) is 31.9 Å². The Kier molecular flexibility index (Phi) is 8.43. The van der Waals surface area contributed by atoms with Crippen molar-refractivity contribution in [2.45, 2.75) is 0 Å². The van der Waals surface area contributed by atoms with Gasteiger partial charge in [0.1, 0.15) is 5.75 Å². The molecule has 4 heteroatoms. The number of phenols is 1. The van der Waals surface area contributed by atoms with Gasteiger partial charge in [-0.05, 0) is 36.4 Å². The Morgan fingerprint density at radius 2 is 1.06 bits per heavy atom. The summed E-state index contributed by atoms with van der Waals surface area (Å²) in [6, 6.07) is 16.7. The van der Waals surface area contributed by atoms with Gasteiger partial charge in [0, 0.05) is 8.95 Å². The molecule has 86 valence electrons. The van der Waals surface area contributed by atoms with Crippen LogP contribution in [0.25, 0.3) is 0 Å². The van der Waals surface area contributed by atoms with Crippen molar-refractivity contribution in [1.82, 2.24) is 0 Å². The van der Waals surface area contributed by atoms with Crippen molar-refractivity contribution in [3.05, 3.63) is 63.5 Å². The molecule has 0 radical (unpaired) electrons. The number of phenolic OH excluding ortho intramolecular Hbond substituents is 1. The van der Waals surface area contributed by atoms with Crippen molar-refractivity contribution in [3.63, 3.8) is 0 Å². The fourth-order valence-corrected chi connectivity index (χ4v) is 1.39. The predicted octanol–water partition coefficient (Wildman–Crippen LogP) is 4.72. The minimum Gasteiger partial charge on any atom is -0.508 e. The molecule has 16 heavy (non-hydrogen) atoms. The summed E-state index contributed by atoms with van der Waals surface area (Å²) in [6.07, 6.45) is 0. The number of aromatic hydroxyl groups is 1. The first-order valence-electron chi connectivity index (χ1n) is 4.33. The van der Waals surface area contributed by atoms with Crippen molar-refractivity contribution in [3.8, 4) is 5.75 Å². The van der Waals surface area contributed by atoms with E-state index in [4.69, 9.17) is 5.11 Å². The molecule has 0 saturated heterocycles. The smallest absolute Gasteiger partial charge is 0.115 e. The van der Waals surface area contributed by atoms with Crippen molar-refractivity contribution in [2.75, 3.05) is 0 Å². The van der Waals surface area contributed by atoms with Gasteiger partial charge in [-0.25, -0.2) is 0 Å². The molecular formula is C12H12Br2OS. The lowest BCUT2D eigenvalue weighted by molar-refractivity contribution is 0.475. The molecule has 0 atom stereocenters. The molecule has 2 aromatic carbocycles. The van der Waals surface area contributed by atoms with Gasteiger partial charge in [0.2, 0.25) is 0 Å². The first-order valence-corrected chi connectivity index (χ1v) is 5.92. The molecule has 2 aromatic rings. The molecular weight excluding hydrogens is 352 g/mol. The highest BCUT2D eigenvalue weighted by atomic mass is 79.9. The monoisotopic (exact) mass is 362 g/mol. The Morgan fingerprint density at radius 3 is 1.31 bits per heavy atom.